The molecule has 4 rings (SSSR count). The highest BCUT2D eigenvalue weighted by molar-refractivity contribution is 5.52. The van der Waals surface area contributed by atoms with Gasteiger partial charge in [-0.1, -0.05) is 6.07 Å². The normalized spacial score (nSPS) is 30.5. The van der Waals surface area contributed by atoms with Gasteiger partial charge in [0.2, 0.25) is 6.29 Å². The van der Waals surface area contributed by atoms with E-state index in [2.05, 4.69) is 0 Å². The molecule has 1 saturated heterocycles. The van der Waals surface area contributed by atoms with E-state index >= 15 is 0 Å². The number of phenolic OH excluding ortho intramolecular Hbond substituents is 3. The molecule has 162 valence electrons. The third-order valence-electron chi connectivity index (χ3n) is 5.25. The Morgan fingerprint density at radius 2 is 1.70 bits per heavy atom. The molecular weight excluding hydrogens is 400 g/mol. The van der Waals surface area contributed by atoms with Crippen molar-refractivity contribution in [3.63, 3.8) is 0 Å². The van der Waals surface area contributed by atoms with E-state index in [1.165, 1.54) is 30.3 Å². The van der Waals surface area contributed by atoms with Crippen LogP contribution in [0, 0.1) is 0 Å². The maximum absolute atomic E-state index is 10.5. The lowest BCUT2D eigenvalue weighted by molar-refractivity contribution is -0.116. The zero-order chi connectivity index (χ0) is 21.6. The second kappa shape index (κ2) is 7.82. The molecule has 7 N–H and O–H groups in total. The second-order valence-electron chi connectivity index (χ2n) is 7.30. The van der Waals surface area contributed by atoms with Crippen LogP contribution < -0.4 is 9.47 Å². The van der Waals surface area contributed by atoms with Crippen LogP contribution in [0.1, 0.15) is 17.2 Å². The van der Waals surface area contributed by atoms with E-state index in [9.17, 15) is 35.7 Å². The number of aromatic hydroxyl groups is 3. The van der Waals surface area contributed by atoms with Gasteiger partial charge in [-0.2, -0.15) is 0 Å². The van der Waals surface area contributed by atoms with Gasteiger partial charge in [-0.25, -0.2) is 0 Å². The van der Waals surface area contributed by atoms with E-state index < -0.39 is 43.4 Å². The molecule has 0 spiro atoms. The molecule has 10 nitrogen and oxygen atoms in total. The van der Waals surface area contributed by atoms with Gasteiger partial charge in [-0.15, -0.1) is 0 Å². The number of phenols is 3. The molecule has 6 atom stereocenters. The Morgan fingerprint density at radius 1 is 0.933 bits per heavy atom. The van der Waals surface area contributed by atoms with Crippen LogP contribution in [0.2, 0.25) is 0 Å². The van der Waals surface area contributed by atoms with Gasteiger partial charge in [0, 0.05) is 24.1 Å². The highest BCUT2D eigenvalue weighted by Gasteiger charge is 2.44. The molecule has 2 heterocycles. The highest BCUT2D eigenvalue weighted by atomic mass is 16.7. The predicted molar refractivity (Wildman–Crippen MR) is 99.3 cm³/mol. The van der Waals surface area contributed by atoms with Crippen molar-refractivity contribution in [3.8, 4) is 28.7 Å². The van der Waals surface area contributed by atoms with E-state index in [-0.39, 0.29) is 35.2 Å². The summed E-state index contributed by atoms with van der Waals surface area (Å²) in [6.45, 7) is -0.504. The molecular formula is C20H22O10. The number of hydrogen-bond donors (Lipinski definition) is 7. The maximum atomic E-state index is 10.5. The summed E-state index contributed by atoms with van der Waals surface area (Å²) in [4.78, 5) is 0. The molecule has 0 saturated carbocycles. The molecule has 2 aliphatic rings. The van der Waals surface area contributed by atoms with Gasteiger partial charge in [-0.05, 0) is 17.7 Å². The minimum Gasteiger partial charge on any atom is -0.507 e. The van der Waals surface area contributed by atoms with Gasteiger partial charge in [0.25, 0.3) is 0 Å². The van der Waals surface area contributed by atoms with Crippen molar-refractivity contribution in [2.75, 3.05) is 6.61 Å². The Balaban J connectivity index is 1.59. The fourth-order valence-electron chi connectivity index (χ4n) is 3.62. The van der Waals surface area contributed by atoms with Crippen LogP contribution in [0.25, 0.3) is 0 Å². The van der Waals surface area contributed by atoms with Crippen LogP contribution >= 0.6 is 0 Å². The van der Waals surface area contributed by atoms with Crippen molar-refractivity contribution in [2.45, 2.75) is 43.2 Å². The van der Waals surface area contributed by atoms with Crippen molar-refractivity contribution < 1.29 is 50.0 Å². The zero-order valence-corrected chi connectivity index (χ0v) is 15.6. The van der Waals surface area contributed by atoms with E-state index in [1.54, 1.807) is 0 Å². The molecule has 0 bridgehead atoms. The first-order chi connectivity index (χ1) is 14.3. The summed E-state index contributed by atoms with van der Waals surface area (Å²) in [5.41, 5.74) is 0.757. The van der Waals surface area contributed by atoms with Crippen molar-refractivity contribution in [1.29, 1.82) is 0 Å². The Bertz CT molecular complexity index is 932. The summed E-state index contributed by atoms with van der Waals surface area (Å²) in [5.74, 6) is -0.598. The number of ether oxygens (including phenoxy) is 3. The van der Waals surface area contributed by atoms with E-state index in [4.69, 9.17) is 14.2 Å². The van der Waals surface area contributed by atoms with Gasteiger partial charge < -0.3 is 50.0 Å². The lowest BCUT2D eigenvalue weighted by Gasteiger charge is -2.32. The van der Waals surface area contributed by atoms with Crippen LogP contribution in [0.15, 0.2) is 30.3 Å². The molecule has 30 heavy (non-hydrogen) atoms. The van der Waals surface area contributed by atoms with Crippen LogP contribution in [-0.2, 0) is 11.2 Å². The van der Waals surface area contributed by atoms with Crippen molar-refractivity contribution >= 4 is 0 Å². The standard InChI is InChI=1S/C20H22O10/c21-7-16-17(26)18(27)20(30-16)28-9-4-12(23)10-6-14(25)19(29-15(10)5-9)8-1-2-11(22)13(24)3-8/h1-5,14,16-27H,6-7H2/t14-,16+,17+,18-,19-,20-/m1/s1. The van der Waals surface area contributed by atoms with Gasteiger partial charge >= 0.3 is 0 Å². The van der Waals surface area contributed by atoms with Crippen LogP contribution in [0.3, 0.4) is 0 Å². The summed E-state index contributed by atoms with van der Waals surface area (Å²) in [5, 5.41) is 69.0. The van der Waals surface area contributed by atoms with Crippen molar-refractivity contribution in [3.05, 3.63) is 41.5 Å². The summed E-state index contributed by atoms with van der Waals surface area (Å²) in [6, 6.07) is 6.73. The summed E-state index contributed by atoms with van der Waals surface area (Å²) in [6.07, 6.45) is -6.86. The second-order valence-corrected chi connectivity index (χ2v) is 7.30. The first-order valence-corrected chi connectivity index (χ1v) is 9.30. The zero-order valence-electron chi connectivity index (χ0n) is 15.6. The number of hydrogen-bond acceptors (Lipinski definition) is 10. The molecule has 2 aromatic rings. The predicted octanol–water partition coefficient (Wildman–Crippen LogP) is -0.342. The molecule has 10 heteroatoms. The Hall–Kier alpha value is -2.76. The minimum atomic E-state index is -1.41. The first-order valence-electron chi connectivity index (χ1n) is 9.30. The lowest BCUT2D eigenvalue weighted by Crippen LogP contribution is -2.35. The lowest BCUT2D eigenvalue weighted by atomic mass is 9.94. The van der Waals surface area contributed by atoms with E-state index in [0.717, 1.165) is 0 Å². The molecule has 2 aliphatic heterocycles. The fourth-order valence-corrected chi connectivity index (χ4v) is 3.62. The minimum absolute atomic E-state index is 0.0571. The van der Waals surface area contributed by atoms with Gasteiger partial charge in [0.15, 0.2) is 11.5 Å². The van der Waals surface area contributed by atoms with E-state index in [0.29, 0.717) is 11.1 Å². The largest absolute Gasteiger partial charge is 0.507 e. The first kappa shape index (κ1) is 20.5. The summed E-state index contributed by atoms with van der Waals surface area (Å²) >= 11 is 0. The third-order valence-corrected chi connectivity index (χ3v) is 5.25. The smallest absolute Gasteiger partial charge is 0.229 e. The number of benzene rings is 2. The summed E-state index contributed by atoms with van der Waals surface area (Å²) < 4.78 is 16.6. The number of aliphatic hydroxyl groups excluding tert-OH is 4. The molecule has 0 aliphatic carbocycles. The fraction of sp³-hybridized carbons (Fsp3) is 0.400. The average Bonchev–Trinajstić information content (AvgIpc) is 2.98. The van der Waals surface area contributed by atoms with Gasteiger partial charge in [0.1, 0.15) is 41.7 Å². The monoisotopic (exact) mass is 422 g/mol. The van der Waals surface area contributed by atoms with Crippen molar-refractivity contribution in [2.24, 2.45) is 0 Å². The molecule has 0 aromatic heterocycles. The average molecular weight is 422 g/mol. The number of fused-ring (bicyclic) bond motifs is 1. The Kier molecular flexibility index (Phi) is 5.35. The number of aliphatic hydroxyl groups is 4. The van der Waals surface area contributed by atoms with Crippen LogP contribution in [0.4, 0.5) is 0 Å². The Labute approximate surface area is 170 Å². The van der Waals surface area contributed by atoms with Gasteiger partial charge in [0.05, 0.1) is 12.7 Å². The maximum Gasteiger partial charge on any atom is 0.229 e. The van der Waals surface area contributed by atoms with E-state index in [1.807, 2.05) is 0 Å². The quantitative estimate of drug-likeness (QED) is 0.324. The molecule has 2 aromatic carbocycles. The molecule has 0 unspecified atom stereocenters. The van der Waals surface area contributed by atoms with Crippen LogP contribution in [-0.4, -0.2) is 73.1 Å². The molecule has 0 radical (unpaired) electrons. The molecule has 1 fully saturated rings. The third kappa shape index (κ3) is 3.59. The highest BCUT2D eigenvalue weighted by Crippen LogP contribution is 2.43. The Morgan fingerprint density at radius 3 is 2.37 bits per heavy atom. The van der Waals surface area contributed by atoms with Crippen molar-refractivity contribution in [1.82, 2.24) is 0 Å². The topological polar surface area (TPSA) is 169 Å². The molecule has 0 amide bonds. The number of rotatable bonds is 4. The summed E-state index contributed by atoms with van der Waals surface area (Å²) in [7, 11) is 0. The van der Waals surface area contributed by atoms with Gasteiger partial charge in [-0.3, -0.25) is 0 Å². The SMILES string of the molecule is OC[C@@H]1O[C@@H](Oc2cc(O)c3c(c2)O[C@H](c2ccc(O)c(O)c2)[C@H](O)C3)[C@H](O)[C@H]1O. The van der Waals surface area contributed by atoms with Crippen LogP contribution in [0.5, 0.6) is 28.7 Å².